The predicted octanol–water partition coefficient (Wildman–Crippen LogP) is 4.26. The van der Waals surface area contributed by atoms with Crippen LogP contribution in [0.2, 0.25) is 5.02 Å². The monoisotopic (exact) mass is 389 g/mol. The number of carbonyl (C=O) groups is 1. The molecule has 5 nitrogen and oxygen atoms in total. The number of hydrogen-bond donors (Lipinski definition) is 1. The normalized spacial score (nSPS) is 15.3. The van der Waals surface area contributed by atoms with E-state index in [1.165, 1.54) is 12.1 Å². The first-order valence-electron chi connectivity index (χ1n) is 7.95. The fourth-order valence-electron chi connectivity index (χ4n) is 2.65. The van der Waals surface area contributed by atoms with Crippen LogP contribution in [-0.4, -0.2) is 29.6 Å². The zero-order valence-corrected chi connectivity index (χ0v) is 14.8. The average molecular weight is 390 g/mol. The number of benzene rings is 1. The largest absolute Gasteiger partial charge is 0.417 e. The molecule has 0 bridgehead atoms. The van der Waals surface area contributed by atoms with Crippen molar-refractivity contribution in [1.29, 1.82) is 0 Å². The summed E-state index contributed by atoms with van der Waals surface area (Å²) in [5.74, 6) is 0.741. The number of likely N-dealkylation sites (tertiary alicyclic amines) is 1. The Hall–Kier alpha value is -2.22. The molecule has 1 fully saturated rings. The molecule has 2 heterocycles. The summed E-state index contributed by atoms with van der Waals surface area (Å²) >= 11 is 5.39. The summed E-state index contributed by atoms with van der Waals surface area (Å²) in [5.41, 5.74) is 6.29. The third-order valence-corrected chi connectivity index (χ3v) is 4.39. The van der Waals surface area contributed by atoms with Crippen molar-refractivity contribution in [3.8, 4) is 0 Å². The number of aryl methyl sites for hydroxylation is 1. The molecule has 142 valence electrons. The molecule has 0 unspecified atom stereocenters. The van der Waals surface area contributed by atoms with Gasteiger partial charge in [-0.15, -0.1) is 0 Å². The number of carbonyl (C=O) groups excluding carboxylic acids is 1. The van der Waals surface area contributed by atoms with Crippen LogP contribution in [0, 0.1) is 6.92 Å². The zero-order valence-electron chi connectivity index (χ0n) is 14.1. The third-order valence-electron chi connectivity index (χ3n) is 4.07. The van der Waals surface area contributed by atoms with Gasteiger partial charge in [-0.3, -0.25) is 4.79 Å². The summed E-state index contributed by atoms with van der Waals surface area (Å²) < 4.78 is 41.1. The van der Waals surface area contributed by atoms with E-state index in [2.05, 4.69) is 5.16 Å². The first-order valence-corrected chi connectivity index (χ1v) is 8.33. The van der Waals surface area contributed by atoms with Crippen LogP contribution in [0.25, 0.3) is 0 Å². The number of hydrogen-bond acceptors (Lipinski definition) is 4. The molecule has 1 aliphatic rings. The van der Waals surface area contributed by atoms with E-state index in [0.717, 1.165) is 44.1 Å². The molecule has 1 amide bonds. The lowest BCUT2D eigenvalue weighted by molar-refractivity contribution is -0.137. The third kappa shape index (κ3) is 5.39. The molecule has 1 aromatic heterocycles. The summed E-state index contributed by atoms with van der Waals surface area (Å²) in [6.45, 7) is 3.27. The van der Waals surface area contributed by atoms with Gasteiger partial charge in [0.2, 0.25) is 12.3 Å². The molecule has 0 spiro atoms. The molecule has 9 heteroatoms. The highest BCUT2D eigenvalue weighted by Gasteiger charge is 2.32. The van der Waals surface area contributed by atoms with Crippen LogP contribution in [0.15, 0.2) is 28.8 Å². The van der Waals surface area contributed by atoms with Crippen molar-refractivity contribution < 1.29 is 22.5 Å². The van der Waals surface area contributed by atoms with Crippen LogP contribution in [-0.2, 0) is 11.0 Å². The second-order valence-corrected chi connectivity index (χ2v) is 6.46. The SMILES string of the molecule is Cc1ccc(C(F)(F)F)c(Cl)c1.Nc1cc(C2CCN(C=O)CC2)no1. The van der Waals surface area contributed by atoms with Crippen molar-refractivity contribution in [2.75, 3.05) is 18.8 Å². The van der Waals surface area contributed by atoms with Crippen LogP contribution >= 0.6 is 11.6 Å². The Morgan fingerprint density at radius 3 is 2.42 bits per heavy atom. The topological polar surface area (TPSA) is 72.4 Å². The number of nitrogens with zero attached hydrogens (tertiary/aromatic N) is 2. The van der Waals surface area contributed by atoms with Gasteiger partial charge in [0.15, 0.2) is 0 Å². The number of rotatable bonds is 2. The van der Waals surface area contributed by atoms with E-state index in [4.69, 9.17) is 21.9 Å². The highest BCUT2D eigenvalue weighted by molar-refractivity contribution is 6.31. The maximum Gasteiger partial charge on any atom is 0.417 e. The number of aromatic nitrogens is 1. The minimum Gasteiger partial charge on any atom is -0.368 e. The van der Waals surface area contributed by atoms with Crippen molar-refractivity contribution in [3.63, 3.8) is 0 Å². The van der Waals surface area contributed by atoms with E-state index in [-0.39, 0.29) is 5.02 Å². The zero-order chi connectivity index (χ0) is 19.3. The summed E-state index contributed by atoms with van der Waals surface area (Å²) in [5, 5.41) is 3.64. The van der Waals surface area contributed by atoms with E-state index < -0.39 is 11.7 Å². The van der Waals surface area contributed by atoms with E-state index >= 15 is 0 Å². The standard InChI is InChI=1S/C9H13N3O2.C8H6ClF3/c10-9-5-8(11-14-9)7-1-3-12(6-13)4-2-7;1-5-2-3-6(7(9)4-5)8(10,11)12/h5-7H,1-4,10H2;2-4H,1H3. The first kappa shape index (κ1) is 20.1. The molecule has 26 heavy (non-hydrogen) atoms. The summed E-state index contributed by atoms with van der Waals surface area (Å²) in [6, 6.07) is 5.43. The van der Waals surface area contributed by atoms with Gasteiger partial charge in [-0.1, -0.05) is 22.8 Å². The summed E-state index contributed by atoms with van der Waals surface area (Å²) in [7, 11) is 0. The van der Waals surface area contributed by atoms with Gasteiger partial charge in [0.1, 0.15) is 0 Å². The second-order valence-electron chi connectivity index (χ2n) is 6.05. The molecule has 2 aromatic rings. The van der Waals surface area contributed by atoms with Crippen molar-refractivity contribution in [2.45, 2.75) is 31.9 Å². The number of nitrogens with two attached hydrogens (primary N) is 1. The Labute approximate surface area is 153 Å². The lowest BCUT2D eigenvalue weighted by atomic mass is 9.94. The average Bonchev–Trinajstić information content (AvgIpc) is 3.01. The number of alkyl halides is 3. The van der Waals surface area contributed by atoms with Gasteiger partial charge in [0.25, 0.3) is 0 Å². The molecular weight excluding hydrogens is 371 g/mol. The number of amides is 1. The molecule has 0 radical (unpaired) electrons. The van der Waals surface area contributed by atoms with Crippen molar-refractivity contribution >= 4 is 23.9 Å². The minimum atomic E-state index is -4.36. The Morgan fingerprint density at radius 1 is 1.31 bits per heavy atom. The van der Waals surface area contributed by atoms with Crippen LogP contribution in [0.1, 0.15) is 35.6 Å². The van der Waals surface area contributed by atoms with E-state index in [1.54, 1.807) is 17.9 Å². The van der Waals surface area contributed by atoms with Gasteiger partial charge < -0.3 is 15.2 Å². The maximum atomic E-state index is 12.1. The van der Waals surface area contributed by atoms with Crippen LogP contribution in [0.3, 0.4) is 0 Å². The van der Waals surface area contributed by atoms with E-state index in [9.17, 15) is 18.0 Å². The Balaban J connectivity index is 0.000000190. The van der Waals surface area contributed by atoms with Crippen molar-refractivity contribution in [1.82, 2.24) is 10.1 Å². The number of halogens is 4. The van der Waals surface area contributed by atoms with Gasteiger partial charge in [-0.25, -0.2) is 0 Å². The lowest BCUT2D eigenvalue weighted by Crippen LogP contribution is -2.31. The van der Waals surface area contributed by atoms with Gasteiger partial charge in [-0.2, -0.15) is 13.2 Å². The number of nitrogen functional groups attached to an aromatic ring is 1. The van der Waals surface area contributed by atoms with E-state index in [1.807, 2.05) is 0 Å². The second kappa shape index (κ2) is 8.44. The number of piperidine rings is 1. The van der Waals surface area contributed by atoms with E-state index in [0.29, 0.717) is 17.4 Å². The van der Waals surface area contributed by atoms with Crippen LogP contribution < -0.4 is 5.73 Å². The quantitative estimate of drug-likeness (QED) is 0.779. The van der Waals surface area contributed by atoms with Gasteiger partial charge in [0, 0.05) is 25.1 Å². The molecule has 0 saturated carbocycles. The Bertz CT molecular complexity index is 741. The van der Waals surface area contributed by atoms with Crippen molar-refractivity contribution in [2.24, 2.45) is 0 Å². The van der Waals surface area contributed by atoms with Gasteiger partial charge in [-0.05, 0) is 37.5 Å². The van der Waals surface area contributed by atoms with Gasteiger partial charge in [0.05, 0.1) is 16.3 Å². The maximum absolute atomic E-state index is 12.1. The summed E-state index contributed by atoms with van der Waals surface area (Å²) in [6.07, 6.45) is -1.59. The molecule has 0 atom stereocenters. The highest BCUT2D eigenvalue weighted by Crippen LogP contribution is 2.34. The molecule has 0 aliphatic carbocycles. The minimum absolute atomic E-state index is 0.248. The Kier molecular flexibility index (Phi) is 6.52. The smallest absolute Gasteiger partial charge is 0.368 e. The van der Waals surface area contributed by atoms with Crippen molar-refractivity contribution in [3.05, 3.63) is 46.1 Å². The predicted molar refractivity (Wildman–Crippen MR) is 91.7 cm³/mol. The summed E-state index contributed by atoms with van der Waals surface area (Å²) in [4.78, 5) is 12.3. The molecule has 1 saturated heterocycles. The molecule has 1 aromatic carbocycles. The fraction of sp³-hybridized carbons (Fsp3) is 0.412. The first-order chi connectivity index (χ1) is 12.2. The molecule has 1 aliphatic heterocycles. The molecular formula is C17H19ClF3N3O2. The molecule has 3 rings (SSSR count). The van der Waals surface area contributed by atoms with Crippen LogP contribution in [0.4, 0.5) is 19.1 Å². The Morgan fingerprint density at radius 2 is 1.96 bits per heavy atom. The van der Waals surface area contributed by atoms with Gasteiger partial charge >= 0.3 is 6.18 Å². The van der Waals surface area contributed by atoms with Crippen LogP contribution in [0.5, 0.6) is 0 Å². The highest BCUT2D eigenvalue weighted by atomic mass is 35.5. The lowest BCUT2D eigenvalue weighted by Gasteiger charge is -2.27. The fourth-order valence-corrected chi connectivity index (χ4v) is 2.99. The number of anilines is 1. The molecule has 2 N–H and O–H groups in total.